The maximum Gasteiger partial charge on any atom is 0.279 e. The molecule has 0 aliphatic carbocycles. The molecule has 3 aromatic carbocycles. The molecule has 1 N–H and O–H groups in total. The van der Waals surface area contributed by atoms with Gasteiger partial charge in [0.25, 0.3) is 11.6 Å². The molecule has 2 heterocycles. The number of fused-ring (bicyclic) bond motifs is 4. The van der Waals surface area contributed by atoms with Gasteiger partial charge >= 0.3 is 0 Å². The highest BCUT2D eigenvalue weighted by Crippen LogP contribution is 2.46. The van der Waals surface area contributed by atoms with E-state index in [2.05, 4.69) is 4.98 Å². The summed E-state index contributed by atoms with van der Waals surface area (Å²) in [7, 11) is 0.345. The second-order valence-electron chi connectivity index (χ2n) is 9.92. The number of carbonyl (C=O) groups is 1. The molecule has 1 aliphatic heterocycles. The summed E-state index contributed by atoms with van der Waals surface area (Å²) in [5.74, 6) is 0.222. The second-order valence-corrected chi connectivity index (χ2v) is 12.2. The third kappa shape index (κ3) is 5.05. The van der Waals surface area contributed by atoms with Crippen LogP contribution in [0.3, 0.4) is 0 Å². The van der Waals surface area contributed by atoms with Crippen LogP contribution in [0.4, 0.5) is 11.4 Å². The van der Waals surface area contributed by atoms with Crippen LogP contribution in [0.1, 0.15) is 22.0 Å². The molecular weight excluding hydrogens is 544 g/mol. The number of non-ortho nitro benzene ring substituents is 1. The predicted molar refractivity (Wildman–Crippen MR) is 151 cm³/mol. The molecule has 1 unspecified atom stereocenters. The van der Waals surface area contributed by atoms with Crippen molar-refractivity contribution in [3.8, 4) is 5.75 Å². The number of hydrogen-bond acceptors (Lipinski definition) is 7. The summed E-state index contributed by atoms with van der Waals surface area (Å²) in [6, 6.07) is 12.9. The third-order valence-electron chi connectivity index (χ3n) is 6.89. The van der Waals surface area contributed by atoms with E-state index in [1.54, 1.807) is 12.1 Å². The fourth-order valence-corrected chi connectivity index (χ4v) is 5.86. The van der Waals surface area contributed by atoms with E-state index < -0.39 is 14.8 Å². The summed E-state index contributed by atoms with van der Waals surface area (Å²) < 4.78 is 30.1. The van der Waals surface area contributed by atoms with Gasteiger partial charge in [-0.05, 0) is 61.4 Å². The predicted octanol–water partition coefficient (Wildman–Crippen LogP) is 4.56. The summed E-state index contributed by atoms with van der Waals surface area (Å²) in [4.78, 5) is 31.9. The smallest absolute Gasteiger partial charge is 0.279 e. The number of nitro groups is 1. The first-order chi connectivity index (χ1) is 18.5. The second kappa shape index (κ2) is 10.1. The van der Waals surface area contributed by atoms with Crippen molar-refractivity contribution < 1.29 is 22.9 Å². The van der Waals surface area contributed by atoms with Gasteiger partial charge in [-0.1, -0.05) is 6.07 Å². The molecule has 0 fully saturated rings. The minimum absolute atomic E-state index is 0.0189. The molecule has 5 rings (SSSR count). The van der Waals surface area contributed by atoms with Crippen LogP contribution in [0.15, 0.2) is 53.4 Å². The average molecular weight is 571 g/mol. The Labute approximate surface area is 230 Å². The molecule has 1 aliphatic rings. The van der Waals surface area contributed by atoms with Gasteiger partial charge in [0, 0.05) is 48.1 Å². The van der Waals surface area contributed by atoms with Crippen molar-refractivity contribution in [1.29, 1.82) is 0 Å². The largest absolute Gasteiger partial charge is 0.492 e. The standard InChI is InChI=1S/C27H27ClN4O6S/c1-30(2)8-9-38-18-4-7-22-16(10-18)11-23(29-22)27(33)31-15-17(14-28)26-20-6-5-19(39(3,36)37)12-21(20)24(32(34)35)13-25(26)31/h4-7,10-13,17,29H,8-9,14-15H2,1-3H3. The fraction of sp³-hybridized carbons (Fsp3) is 0.296. The summed E-state index contributed by atoms with van der Waals surface area (Å²) >= 11 is 6.31. The van der Waals surface area contributed by atoms with Crippen LogP contribution < -0.4 is 9.64 Å². The number of nitrogens with one attached hydrogen (secondary N) is 1. The Hall–Kier alpha value is -3.67. The molecule has 1 aromatic heterocycles. The number of alkyl halides is 1. The zero-order valence-electron chi connectivity index (χ0n) is 21.6. The maximum atomic E-state index is 13.7. The van der Waals surface area contributed by atoms with E-state index in [0.29, 0.717) is 34.7 Å². The number of H-pyrrole nitrogens is 1. The zero-order chi connectivity index (χ0) is 28.1. The molecule has 0 saturated heterocycles. The average Bonchev–Trinajstić information content (AvgIpc) is 3.48. The monoisotopic (exact) mass is 570 g/mol. The first-order valence-electron chi connectivity index (χ1n) is 12.2. The number of anilines is 1. The number of sulfone groups is 1. The van der Waals surface area contributed by atoms with E-state index in [1.807, 2.05) is 37.2 Å². The van der Waals surface area contributed by atoms with E-state index >= 15 is 0 Å². The highest BCUT2D eigenvalue weighted by molar-refractivity contribution is 7.90. The highest BCUT2D eigenvalue weighted by atomic mass is 35.5. The highest BCUT2D eigenvalue weighted by Gasteiger charge is 2.37. The van der Waals surface area contributed by atoms with Crippen LogP contribution in [-0.4, -0.2) is 75.1 Å². The number of benzene rings is 3. The van der Waals surface area contributed by atoms with Crippen LogP contribution in [0.5, 0.6) is 5.75 Å². The summed E-state index contributed by atoms with van der Waals surface area (Å²) in [6.07, 6.45) is 1.05. The van der Waals surface area contributed by atoms with Gasteiger partial charge in [-0.3, -0.25) is 14.9 Å². The van der Waals surface area contributed by atoms with Gasteiger partial charge in [-0.25, -0.2) is 8.42 Å². The number of hydrogen-bond donors (Lipinski definition) is 1. The van der Waals surface area contributed by atoms with Gasteiger partial charge in [0.15, 0.2) is 9.84 Å². The minimum atomic E-state index is -3.58. The Morgan fingerprint density at radius 3 is 2.62 bits per heavy atom. The molecule has 204 valence electrons. The normalized spacial score (nSPS) is 15.3. The van der Waals surface area contributed by atoms with Gasteiger partial charge in [0.1, 0.15) is 18.1 Å². The van der Waals surface area contributed by atoms with Crippen molar-refractivity contribution in [2.75, 3.05) is 50.8 Å². The number of nitrogens with zero attached hydrogens (tertiary/aromatic N) is 3. The Morgan fingerprint density at radius 2 is 1.95 bits per heavy atom. The Kier molecular flexibility index (Phi) is 7.00. The van der Waals surface area contributed by atoms with Crippen molar-refractivity contribution in [2.24, 2.45) is 0 Å². The zero-order valence-corrected chi connectivity index (χ0v) is 23.2. The van der Waals surface area contributed by atoms with Gasteiger partial charge in [-0.15, -0.1) is 11.6 Å². The Morgan fingerprint density at radius 1 is 1.18 bits per heavy atom. The van der Waals surface area contributed by atoms with Crippen molar-refractivity contribution >= 4 is 60.4 Å². The molecule has 0 radical (unpaired) electrons. The molecule has 0 bridgehead atoms. The van der Waals surface area contributed by atoms with Crippen molar-refractivity contribution in [1.82, 2.24) is 9.88 Å². The number of amides is 1. The molecule has 10 nitrogen and oxygen atoms in total. The van der Waals surface area contributed by atoms with Crippen LogP contribution in [0, 0.1) is 10.1 Å². The van der Waals surface area contributed by atoms with Crippen LogP contribution >= 0.6 is 11.6 Å². The Bertz CT molecular complexity index is 1730. The first-order valence-corrected chi connectivity index (χ1v) is 14.6. The third-order valence-corrected chi connectivity index (χ3v) is 8.38. The summed E-state index contributed by atoms with van der Waals surface area (Å²) in [5.41, 5.74) is 1.88. The fourth-order valence-electron chi connectivity index (χ4n) is 4.96. The Balaban J connectivity index is 1.56. The van der Waals surface area contributed by atoms with E-state index in [0.717, 1.165) is 23.7 Å². The van der Waals surface area contributed by atoms with Crippen LogP contribution in [0.25, 0.3) is 21.7 Å². The van der Waals surface area contributed by atoms with Gasteiger partial charge in [-0.2, -0.15) is 0 Å². The number of ether oxygens (including phenoxy) is 1. The van der Waals surface area contributed by atoms with Crippen molar-refractivity contribution in [3.63, 3.8) is 0 Å². The van der Waals surface area contributed by atoms with Crippen molar-refractivity contribution in [3.05, 3.63) is 69.9 Å². The first kappa shape index (κ1) is 26.9. The van der Waals surface area contributed by atoms with E-state index in [-0.39, 0.29) is 40.2 Å². The topological polar surface area (TPSA) is 126 Å². The quantitative estimate of drug-likeness (QED) is 0.187. The number of aromatic amines is 1. The lowest BCUT2D eigenvalue weighted by molar-refractivity contribution is -0.383. The number of carbonyl (C=O) groups excluding carboxylic acids is 1. The molecule has 4 aromatic rings. The number of halogens is 1. The molecule has 39 heavy (non-hydrogen) atoms. The van der Waals surface area contributed by atoms with Gasteiger partial charge in [0.2, 0.25) is 0 Å². The maximum absolute atomic E-state index is 13.7. The summed E-state index contributed by atoms with van der Waals surface area (Å²) in [5, 5.41) is 13.5. The number of rotatable bonds is 8. The lowest BCUT2D eigenvalue weighted by atomic mass is 9.95. The van der Waals surface area contributed by atoms with E-state index in [4.69, 9.17) is 16.3 Å². The number of aromatic nitrogens is 1. The molecular formula is C27H27ClN4O6S. The molecule has 0 spiro atoms. The number of nitro benzene ring substituents is 1. The van der Waals surface area contributed by atoms with Crippen molar-refractivity contribution in [2.45, 2.75) is 10.8 Å². The van der Waals surface area contributed by atoms with Crippen LogP contribution in [-0.2, 0) is 9.84 Å². The van der Waals surface area contributed by atoms with Gasteiger partial charge < -0.3 is 19.5 Å². The molecule has 1 amide bonds. The molecule has 1 atom stereocenters. The SMILES string of the molecule is CN(C)CCOc1ccc2[nH]c(C(=O)N3CC(CCl)c4c3cc([N+](=O)[O-])c3cc(S(C)(=O)=O)ccc43)cc2c1. The van der Waals surface area contributed by atoms with Crippen LogP contribution in [0.2, 0.25) is 0 Å². The van der Waals surface area contributed by atoms with Gasteiger partial charge in [0.05, 0.1) is 20.9 Å². The summed E-state index contributed by atoms with van der Waals surface area (Å²) in [6.45, 7) is 1.52. The molecule has 0 saturated carbocycles. The lowest BCUT2D eigenvalue weighted by Gasteiger charge is -2.17. The minimum Gasteiger partial charge on any atom is -0.492 e. The number of likely N-dealkylation sites (N-methyl/N-ethyl adjacent to an activating group) is 1. The molecule has 12 heteroatoms. The van der Waals surface area contributed by atoms with E-state index in [9.17, 15) is 23.3 Å². The van der Waals surface area contributed by atoms with E-state index in [1.165, 1.54) is 23.1 Å². The lowest BCUT2D eigenvalue weighted by Crippen LogP contribution is -2.30.